The summed E-state index contributed by atoms with van der Waals surface area (Å²) >= 11 is 3.50. The van der Waals surface area contributed by atoms with Gasteiger partial charge >= 0.3 is 0 Å². The van der Waals surface area contributed by atoms with Gasteiger partial charge in [0.1, 0.15) is 11.9 Å². The van der Waals surface area contributed by atoms with E-state index < -0.39 is 0 Å². The van der Waals surface area contributed by atoms with E-state index in [1.54, 1.807) is 6.07 Å². The first kappa shape index (κ1) is 14.1. The predicted molar refractivity (Wildman–Crippen MR) is 84.7 cm³/mol. The fraction of sp³-hybridized carbons (Fsp3) is 0.235. The summed E-state index contributed by atoms with van der Waals surface area (Å²) in [5, 5.41) is 12.5. The molecule has 0 fully saturated rings. The molecule has 1 atom stereocenters. The van der Waals surface area contributed by atoms with Crippen LogP contribution in [-0.2, 0) is 12.8 Å². The Bertz CT molecular complexity index is 721. The lowest BCUT2D eigenvalue weighted by atomic mass is 9.88. The number of nitrogens with one attached hydrogen (secondary N) is 1. The Labute approximate surface area is 131 Å². The van der Waals surface area contributed by atoms with Crippen LogP contribution in [0.5, 0.6) is 0 Å². The fourth-order valence-electron chi connectivity index (χ4n) is 2.80. The van der Waals surface area contributed by atoms with Gasteiger partial charge in [-0.3, -0.25) is 0 Å². The molecule has 0 aliphatic heterocycles. The fourth-order valence-corrected chi connectivity index (χ4v) is 3.21. The minimum Gasteiger partial charge on any atom is -0.381 e. The van der Waals surface area contributed by atoms with E-state index in [-0.39, 0.29) is 11.9 Å². The third-order valence-corrected chi connectivity index (χ3v) is 4.35. The Balaban J connectivity index is 1.79. The van der Waals surface area contributed by atoms with E-state index in [4.69, 9.17) is 5.26 Å². The summed E-state index contributed by atoms with van der Waals surface area (Å²) in [7, 11) is 0. The molecule has 1 aliphatic rings. The van der Waals surface area contributed by atoms with Crippen LogP contribution in [0.3, 0.4) is 0 Å². The van der Waals surface area contributed by atoms with Crippen molar-refractivity contribution < 1.29 is 4.39 Å². The minimum absolute atomic E-state index is 0.274. The highest BCUT2D eigenvalue weighted by Gasteiger charge is 2.19. The Morgan fingerprint density at radius 2 is 2.05 bits per heavy atom. The van der Waals surface area contributed by atoms with Crippen LogP contribution < -0.4 is 5.32 Å². The van der Waals surface area contributed by atoms with Crippen molar-refractivity contribution in [1.29, 1.82) is 5.26 Å². The Morgan fingerprint density at radius 1 is 1.19 bits per heavy atom. The van der Waals surface area contributed by atoms with E-state index >= 15 is 0 Å². The molecule has 1 aliphatic carbocycles. The van der Waals surface area contributed by atoms with Crippen LogP contribution in [0.1, 0.15) is 23.1 Å². The van der Waals surface area contributed by atoms with Crippen molar-refractivity contribution in [2.45, 2.75) is 25.3 Å². The van der Waals surface area contributed by atoms with Crippen LogP contribution in [0.4, 0.5) is 10.1 Å². The number of aryl methyl sites for hydroxylation is 1. The van der Waals surface area contributed by atoms with E-state index in [9.17, 15) is 4.39 Å². The highest BCUT2D eigenvalue weighted by molar-refractivity contribution is 9.10. The zero-order valence-corrected chi connectivity index (χ0v) is 13.0. The van der Waals surface area contributed by atoms with E-state index in [0.29, 0.717) is 11.3 Å². The molecule has 1 N–H and O–H groups in total. The summed E-state index contributed by atoms with van der Waals surface area (Å²) in [4.78, 5) is 0. The van der Waals surface area contributed by atoms with Crippen LogP contribution >= 0.6 is 15.9 Å². The van der Waals surface area contributed by atoms with E-state index in [1.807, 2.05) is 6.07 Å². The smallest absolute Gasteiger partial charge is 0.124 e. The Hall–Kier alpha value is -1.86. The molecule has 106 valence electrons. The largest absolute Gasteiger partial charge is 0.381 e. The third-order valence-electron chi connectivity index (χ3n) is 3.86. The van der Waals surface area contributed by atoms with Gasteiger partial charge in [0.15, 0.2) is 0 Å². The molecule has 0 saturated heterocycles. The van der Waals surface area contributed by atoms with Crippen LogP contribution in [0.15, 0.2) is 40.9 Å². The second-order valence-electron chi connectivity index (χ2n) is 5.30. The maximum Gasteiger partial charge on any atom is 0.124 e. The summed E-state index contributed by atoms with van der Waals surface area (Å²) < 4.78 is 14.3. The maximum absolute atomic E-state index is 13.2. The van der Waals surface area contributed by atoms with Gasteiger partial charge in [-0.25, -0.2) is 4.39 Å². The van der Waals surface area contributed by atoms with Crippen molar-refractivity contribution in [2.24, 2.45) is 0 Å². The van der Waals surface area contributed by atoms with E-state index in [2.05, 4.69) is 39.4 Å². The molecule has 2 aromatic rings. The highest BCUT2D eigenvalue weighted by Crippen LogP contribution is 2.27. The highest BCUT2D eigenvalue weighted by atomic mass is 79.9. The van der Waals surface area contributed by atoms with Crippen molar-refractivity contribution in [1.82, 2.24) is 0 Å². The summed E-state index contributed by atoms with van der Waals surface area (Å²) in [5.41, 5.74) is 3.78. The van der Waals surface area contributed by atoms with Crippen molar-refractivity contribution in [3.63, 3.8) is 0 Å². The van der Waals surface area contributed by atoms with Crippen LogP contribution in [0, 0.1) is 17.1 Å². The molecule has 0 spiro atoms. The van der Waals surface area contributed by atoms with Crippen molar-refractivity contribution in [3.8, 4) is 6.07 Å². The van der Waals surface area contributed by atoms with Crippen molar-refractivity contribution >= 4 is 21.6 Å². The molecule has 0 saturated carbocycles. The van der Waals surface area contributed by atoms with Gasteiger partial charge in [-0.2, -0.15) is 5.26 Å². The number of hydrogen-bond donors (Lipinski definition) is 1. The van der Waals surface area contributed by atoms with Crippen molar-refractivity contribution in [2.75, 3.05) is 5.32 Å². The zero-order chi connectivity index (χ0) is 14.8. The number of rotatable bonds is 2. The monoisotopic (exact) mass is 344 g/mol. The number of hydrogen-bond acceptors (Lipinski definition) is 2. The second kappa shape index (κ2) is 5.87. The lowest BCUT2D eigenvalue weighted by molar-refractivity contribution is 0.608. The number of halogens is 2. The van der Waals surface area contributed by atoms with Gasteiger partial charge < -0.3 is 5.32 Å². The lowest BCUT2D eigenvalue weighted by Crippen LogP contribution is -2.27. The van der Waals surface area contributed by atoms with Gasteiger partial charge in [0.05, 0.1) is 11.3 Å². The maximum atomic E-state index is 13.2. The minimum atomic E-state index is -0.379. The van der Waals surface area contributed by atoms with Crippen LogP contribution in [-0.4, -0.2) is 6.04 Å². The Morgan fingerprint density at radius 3 is 2.86 bits per heavy atom. The number of nitrogens with zero attached hydrogens (tertiary/aromatic N) is 1. The first-order chi connectivity index (χ1) is 10.2. The number of fused-ring (bicyclic) bond motifs is 1. The van der Waals surface area contributed by atoms with Crippen LogP contribution in [0.2, 0.25) is 0 Å². The van der Waals surface area contributed by atoms with Gasteiger partial charge in [-0.1, -0.05) is 22.0 Å². The van der Waals surface area contributed by atoms with E-state index in [0.717, 1.165) is 23.7 Å². The molecular weight excluding hydrogens is 331 g/mol. The predicted octanol–water partition coefficient (Wildman–Crippen LogP) is 4.43. The Kier molecular flexibility index (Phi) is 3.94. The molecule has 0 aromatic heterocycles. The number of benzene rings is 2. The first-order valence-electron chi connectivity index (χ1n) is 6.89. The number of nitriles is 1. The average molecular weight is 345 g/mol. The molecule has 4 heteroatoms. The molecule has 0 radical (unpaired) electrons. The van der Waals surface area contributed by atoms with Crippen molar-refractivity contribution in [3.05, 3.63) is 63.4 Å². The topological polar surface area (TPSA) is 35.8 Å². The molecule has 0 amide bonds. The van der Waals surface area contributed by atoms with Gasteiger partial charge in [-0.05, 0) is 60.7 Å². The van der Waals surface area contributed by atoms with Gasteiger partial charge in [0.25, 0.3) is 0 Å². The summed E-state index contributed by atoms with van der Waals surface area (Å²) in [6, 6.07) is 13.0. The molecule has 1 unspecified atom stereocenters. The molecule has 2 nitrogen and oxygen atoms in total. The number of anilines is 1. The van der Waals surface area contributed by atoms with Gasteiger partial charge in [0, 0.05) is 10.5 Å². The normalized spacial score (nSPS) is 16.9. The molecular formula is C17H14BrFN2. The SMILES string of the molecule is N#Cc1cc(F)ccc1NC1CCc2cc(Br)ccc2C1. The summed E-state index contributed by atoms with van der Waals surface area (Å²) in [6.07, 6.45) is 2.94. The van der Waals surface area contributed by atoms with Crippen LogP contribution in [0.25, 0.3) is 0 Å². The third kappa shape index (κ3) is 3.08. The standard InChI is InChI=1S/C17H14BrFN2/c18-14-3-1-12-9-16(5-2-11(12)7-14)21-17-6-4-15(19)8-13(17)10-20/h1,3-4,6-8,16,21H,2,5,9H2. The second-order valence-corrected chi connectivity index (χ2v) is 6.21. The molecule has 2 aromatic carbocycles. The first-order valence-corrected chi connectivity index (χ1v) is 7.68. The molecule has 0 heterocycles. The molecule has 0 bridgehead atoms. The quantitative estimate of drug-likeness (QED) is 0.874. The average Bonchev–Trinajstić information content (AvgIpc) is 2.49. The van der Waals surface area contributed by atoms with Gasteiger partial charge in [-0.15, -0.1) is 0 Å². The zero-order valence-electron chi connectivity index (χ0n) is 11.4. The molecule has 3 rings (SSSR count). The van der Waals surface area contributed by atoms with E-state index in [1.165, 1.54) is 23.3 Å². The summed E-state index contributed by atoms with van der Waals surface area (Å²) in [5.74, 6) is -0.379. The summed E-state index contributed by atoms with van der Waals surface area (Å²) in [6.45, 7) is 0. The lowest BCUT2D eigenvalue weighted by Gasteiger charge is -2.27. The van der Waals surface area contributed by atoms with Gasteiger partial charge in [0.2, 0.25) is 0 Å². The molecule has 21 heavy (non-hydrogen) atoms.